The molecule has 2 aromatic carbocycles. The van der Waals surface area contributed by atoms with Gasteiger partial charge in [0.1, 0.15) is 5.75 Å². The summed E-state index contributed by atoms with van der Waals surface area (Å²) in [5.41, 5.74) is 1.76. The Morgan fingerprint density at radius 1 is 1.25 bits per heavy atom. The van der Waals surface area contributed by atoms with Crippen LogP contribution < -0.4 is 10.1 Å². The molecule has 6 heteroatoms. The summed E-state index contributed by atoms with van der Waals surface area (Å²) in [6.45, 7) is 2.30. The van der Waals surface area contributed by atoms with Crippen molar-refractivity contribution >= 4 is 29.2 Å². The van der Waals surface area contributed by atoms with E-state index in [-0.39, 0.29) is 12.1 Å². The minimum atomic E-state index is -0.195. The maximum absolute atomic E-state index is 12.4. The van der Waals surface area contributed by atoms with Gasteiger partial charge in [-0.05, 0) is 30.7 Å². The Morgan fingerprint density at radius 3 is 2.62 bits per heavy atom. The molecule has 1 N–H and O–H groups in total. The molecule has 0 saturated heterocycles. The van der Waals surface area contributed by atoms with E-state index in [9.17, 15) is 4.79 Å². The fourth-order valence-electron chi connectivity index (χ4n) is 2.37. The second-order valence-corrected chi connectivity index (χ2v) is 6.27. The highest BCUT2D eigenvalue weighted by atomic mass is 35.5. The van der Waals surface area contributed by atoms with Crippen molar-refractivity contribution in [3.8, 4) is 5.75 Å². The van der Waals surface area contributed by atoms with Crippen LogP contribution in [0.1, 0.15) is 24.1 Å². The van der Waals surface area contributed by atoms with Crippen LogP contribution in [0, 0.1) is 0 Å². The molecule has 0 radical (unpaired) electrons. The third-order valence-electron chi connectivity index (χ3n) is 3.94. The number of rotatable bonds is 5. The Kier molecular flexibility index (Phi) is 6.35. The van der Waals surface area contributed by atoms with Gasteiger partial charge in [0.15, 0.2) is 0 Å². The summed E-state index contributed by atoms with van der Waals surface area (Å²) in [4.78, 5) is 14.0. The van der Waals surface area contributed by atoms with Crippen LogP contribution in [0.3, 0.4) is 0 Å². The fraction of sp³-hybridized carbons (Fsp3) is 0.278. The molecule has 2 amide bonds. The molecule has 0 unspecified atom stereocenters. The number of nitrogens with one attached hydrogen (secondary N) is 1. The molecule has 4 nitrogen and oxygen atoms in total. The van der Waals surface area contributed by atoms with E-state index in [2.05, 4.69) is 5.32 Å². The van der Waals surface area contributed by atoms with Crippen molar-refractivity contribution in [2.45, 2.75) is 19.5 Å². The summed E-state index contributed by atoms with van der Waals surface area (Å²) in [6, 6.07) is 12.5. The van der Waals surface area contributed by atoms with Crippen LogP contribution >= 0.6 is 23.2 Å². The van der Waals surface area contributed by atoms with Crippen LogP contribution in [-0.4, -0.2) is 25.1 Å². The number of urea groups is 1. The first-order valence-corrected chi connectivity index (χ1v) is 8.27. The van der Waals surface area contributed by atoms with Crippen LogP contribution in [0.15, 0.2) is 42.5 Å². The first-order valence-electron chi connectivity index (χ1n) is 7.51. The molecule has 0 aliphatic carbocycles. The number of para-hydroxylation sites is 1. The van der Waals surface area contributed by atoms with E-state index >= 15 is 0 Å². The van der Waals surface area contributed by atoms with E-state index in [4.69, 9.17) is 27.9 Å². The quantitative estimate of drug-likeness (QED) is 0.816. The molecule has 2 aromatic rings. The number of benzene rings is 2. The smallest absolute Gasteiger partial charge is 0.317 e. The second kappa shape index (κ2) is 8.27. The lowest BCUT2D eigenvalue weighted by Gasteiger charge is -2.26. The molecule has 2 rings (SSSR count). The molecule has 0 aliphatic rings. The van der Waals surface area contributed by atoms with Crippen molar-refractivity contribution in [3.05, 3.63) is 63.6 Å². The lowest BCUT2D eigenvalue weighted by atomic mass is 10.1. The highest BCUT2D eigenvalue weighted by Crippen LogP contribution is 2.29. The highest BCUT2D eigenvalue weighted by Gasteiger charge is 2.19. The molecule has 128 valence electrons. The fourth-order valence-corrected chi connectivity index (χ4v) is 2.94. The summed E-state index contributed by atoms with van der Waals surface area (Å²) in [6.07, 6.45) is 0. The summed E-state index contributed by atoms with van der Waals surface area (Å²) >= 11 is 12.1. The second-order valence-electron chi connectivity index (χ2n) is 5.42. The molecule has 0 spiro atoms. The van der Waals surface area contributed by atoms with Gasteiger partial charge in [0.2, 0.25) is 0 Å². The topological polar surface area (TPSA) is 41.6 Å². The van der Waals surface area contributed by atoms with Gasteiger partial charge in [-0.15, -0.1) is 0 Å². The van der Waals surface area contributed by atoms with Gasteiger partial charge in [-0.2, -0.15) is 0 Å². The van der Waals surface area contributed by atoms with E-state index < -0.39 is 0 Å². The minimum Gasteiger partial charge on any atom is -0.496 e. The van der Waals surface area contributed by atoms with Crippen molar-refractivity contribution in [1.82, 2.24) is 10.2 Å². The molecule has 0 aromatic heterocycles. The van der Waals surface area contributed by atoms with Crippen molar-refractivity contribution in [1.29, 1.82) is 0 Å². The van der Waals surface area contributed by atoms with E-state index in [1.165, 1.54) is 0 Å². The Balaban J connectivity index is 2.03. The zero-order chi connectivity index (χ0) is 17.7. The molecular weight excluding hydrogens is 347 g/mol. The number of ether oxygens (including phenoxy) is 1. The molecule has 0 saturated carbocycles. The first-order chi connectivity index (χ1) is 11.4. The number of carbonyl (C=O) groups excluding carboxylic acids is 1. The number of methoxy groups -OCH3 is 1. The monoisotopic (exact) mass is 366 g/mol. The van der Waals surface area contributed by atoms with Gasteiger partial charge in [-0.1, -0.05) is 47.5 Å². The number of hydrogen-bond acceptors (Lipinski definition) is 2. The maximum atomic E-state index is 12.4. The van der Waals surface area contributed by atoms with Crippen molar-refractivity contribution in [2.24, 2.45) is 0 Å². The largest absolute Gasteiger partial charge is 0.496 e. The Morgan fingerprint density at radius 2 is 1.96 bits per heavy atom. The highest BCUT2D eigenvalue weighted by molar-refractivity contribution is 6.35. The Hall–Kier alpha value is -1.91. The van der Waals surface area contributed by atoms with Gasteiger partial charge in [0.05, 0.1) is 13.2 Å². The SMILES string of the molecule is COc1ccccc1CNC(=O)N(C)[C@@H](C)c1ccc(Cl)cc1Cl. The standard InChI is InChI=1S/C18H20Cl2N2O2/c1-12(15-9-8-14(19)10-16(15)20)22(2)18(23)21-11-13-6-4-5-7-17(13)24-3/h4-10,12H,11H2,1-3H3,(H,21,23)/t12-/m0/s1. The van der Waals surface area contributed by atoms with Crippen LogP contribution in [0.2, 0.25) is 10.0 Å². The number of amides is 2. The van der Waals surface area contributed by atoms with Crippen molar-refractivity contribution in [2.75, 3.05) is 14.2 Å². The molecule has 0 heterocycles. The van der Waals surface area contributed by atoms with Crippen molar-refractivity contribution < 1.29 is 9.53 Å². The van der Waals surface area contributed by atoms with Gasteiger partial charge >= 0.3 is 6.03 Å². The average molecular weight is 367 g/mol. The minimum absolute atomic E-state index is 0.188. The van der Waals surface area contributed by atoms with E-state index in [1.54, 1.807) is 31.2 Å². The van der Waals surface area contributed by atoms with Gasteiger partial charge < -0.3 is 15.0 Å². The predicted octanol–water partition coefficient (Wildman–Crippen LogP) is 4.90. The normalized spacial score (nSPS) is 11.7. The first kappa shape index (κ1) is 18.4. The van der Waals surface area contributed by atoms with Gasteiger partial charge in [-0.25, -0.2) is 4.79 Å². The van der Waals surface area contributed by atoms with E-state index in [0.29, 0.717) is 16.6 Å². The third-order valence-corrected chi connectivity index (χ3v) is 4.50. The van der Waals surface area contributed by atoms with E-state index in [1.807, 2.05) is 37.3 Å². The van der Waals surface area contributed by atoms with Crippen molar-refractivity contribution in [3.63, 3.8) is 0 Å². The number of halogens is 2. The molecule has 24 heavy (non-hydrogen) atoms. The molecule has 0 aliphatic heterocycles. The zero-order valence-electron chi connectivity index (χ0n) is 13.8. The lowest BCUT2D eigenvalue weighted by molar-refractivity contribution is 0.194. The number of nitrogens with zero attached hydrogens (tertiary/aromatic N) is 1. The number of hydrogen-bond donors (Lipinski definition) is 1. The zero-order valence-corrected chi connectivity index (χ0v) is 15.4. The summed E-state index contributed by atoms with van der Waals surface area (Å²) in [5.74, 6) is 0.745. The van der Waals surface area contributed by atoms with Crippen LogP contribution in [0.5, 0.6) is 5.75 Å². The number of carbonyl (C=O) groups is 1. The summed E-state index contributed by atoms with van der Waals surface area (Å²) < 4.78 is 5.29. The van der Waals surface area contributed by atoms with Crippen LogP contribution in [-0.2, 0) is 6.54 Å². The predicted molar refractivity (Wildman–Crippen MR) is 97.9 cm³/mol. The Labute approximate surface area is 152 Å². The van der Waals surface area contributed by atoms with E-state index in [0.717, 1.165) is 16.9 Å². The molecule has 1 atom stereocenters. The molecule has 0 fully saturated rings. The maximum Gasteiger partial charge on any atom is 0.317 e. The van der Waals surface area contributed by atoms with Gasteiger partial charge in [-0.3, -0.25) is 0 Å². The van der Waals surface area contributed by atoms with Crippen LogP contribution in [0.25, 0.3) is 0 Å². The Bertz CT molecular complexity index is 722. The third kappa shape index (κ3) is 4.34. The summed E-state index contributed by atoms with van der Waals surface area (Å²) in [5, 5.41) is 4.00. The average Bonchev–Trinajstić information content (AvgIpc) is 2.58. The van der Waals surface area contributed by atoms with Gasteiger partial charge in [0.25, 0.3) is 0 Å². The van der Waals surface area contributed by atoms with Gasteiger partial charge in [0, 0.05) is 29.2 Å². The summed E-state index contributed by atoms with van der Waals surface area (Å²) in [7, 11) is 3.34. The molecular formula is C18H20Cl2N2O2. The van der Waals surface area contributed by atoms with Crippen LogP contribution in [0.4, 0.5) is 4.79 Å². The molecule has 0 bridgehead atoms. The lowest BCUT2D eigenvalue weighted by Crippen LogP contribution is -2.38.